The van der Waals surface area contributed by atoms with Crippen molar-refractivity contribution in [3.63, 3.8) is 0 Å². The Morgan fingerprint density at radius 3 is 2.05 bits per heavy atom. The number of benzene rings is 2. The van der Waals surface area contributed by atoms with Crippen LogP contribution >= 0.6 is 0 Å². The maximum Gasteiger partial charge on any atom is 0.307 e. The molecule has 0 bridgehead atoms. The summed E-state index contributed by atoms with van der Waals surface area (Å²) in [5.41, 5.74) is 0.920. The normalized spacial score (nSPS) is 10.1. The molecule has 0 fully saturated rings. The fourth-order valence-corrected chi connectivity index (χ4v) is 1.95. The smallest absolute Gasteiger partial charge is 0.307 e. The van der Waals surface area contributed by atoms with Gasteiger partial charge in [-0.3, -0.25) is 9.59 Å². The molecule has 0 saturated carbocycles. The second kappa shape index (κ2) is 6.56. The third-order valence-corrected chi connectivity index (χ3v) is 2.84. The highest BCUT2D eigenvalue weighted by atomic mass is 16.5. The minimum absolute atomic E-state index is 0.214. The molecule has 5 heteroatoms. The predicted molar refractivity (Wildman–Crippen MR) is 75.6 cm³/mol. The van der Waals surface area contributed by atoms with Gasteiger partial charge in [-0.25, -0.2) is 0 Å². The molecule has 5 nitrogen and oxygen atoms in total. The molecule has 0 unspecified atom stereocenters. The van der Waals surface area contributed by atoms with Gasteiger partial charge in [-0.2, -0.15) is 0 Å². The summed E-state index contributed by atoms with van der Waals surface area (Å²) in [4.78, 5) is 21.7. The topological polar surface area (TPSA) is 83.8 Å². The number of rotatable bonds is 6. The van der Waals surface area contributed by atoms with E-state index in [4.69, 9.17) is 14.9 Å². The van der Waals surface area contributed by atoms with Crippen LogP contribution in [-0.2, 0) is 22.4 Å². The van der Waals surface area contributed by atoms with Gasteiger partial charge >= 0.3 is 11.9 Å². The monoisotopic (exact) mass is 286 g/mol. The summed E-state index contributed by atoms with van der Waals surface area (Å²) >= 11 is 0. The SMILES string of the molecule is O=C(O)Cc1ccc(Oc2ccccc2)cc1CC(=O)O. The first-order valence-corrected chi connectivity index (χ1v) is 6.33. The van der Waals surface area contributed by atoms with Crippen molar-refractivity contribution in [2.45, 2.75) is 12.8 Å². The number of carboxylic acids is 2. The Hall–Kier alpha value is -2.82. The van der Waals surface area contributed by atoms with Crippen molar-refractivity contribution in [2.24, 2.45) is 0 Å². The molecule has 0 aliphatic rings. The summed E-state index contributed by atoms with van der Waals surface area (Å²) in [7, 11) is 0. The number of hydrogen-bond acceptors (Lipinski definition) is 3. The zero-order chi connectivity index (χ0) is 15.2. The van der Waals surface area contributed by atoms with Gasteiger partial charge in [0.2, 0.25) is 0 Å². The Labute approximate surface area is 121 Å². The van der Waals surface area contributed by atoms with Gasteiger partial charge in [0.15, 0.2) is 0 Å². The van der Waals surface area contributed by atoms with Gasteiger partial charge in [0, 0.05) is 0 Å². The first-order chi connectivity index (χ1) is 10.0. The minimum Gasteiger partial charge on any atom is -0.481 e. The third-order valence-electron chi connectivity index (χ3n) is 2.84. The summed E-state index contributed by atoms with van der Waals surface area (Å²) in [6.07, 6.45) is -0.456. The van der Waals surface area contributed by atoms with Crippen LogP contribution in [0.25, 0.3) is 0 Å². The maximum absolute atomic E-state index is 10.9. The van der Waals surface area contributed by atoms with Gasteiger partial charge in [-0.15, -0.1) is 0 Å². The molecule has 2 aromatic carbocycles. The number of hydrogen-bond donors (Lipinski definition) is 2. The fraction of sp³-hybridized carbons (Fsp3) is 0.125. The van der Waals surface area contributed by atoms with E-state index in [9.17, 15) is 9.59 Å². The zero-order valence-corrected chi connectivity index (χ0v) is 11.2. The van der Waals surface area contributed by atoms with Crippen LogP contribution in [0, 0.1) is 0 Å². The Morgan fingerprint density at radius 1 is 0.810 bits per heavy atom. The summed E-state index contributed by atoms with van der Waals surface area (Å²) in [6, 6.07) is 13.9. The molecule has 0 aliphatic heterocycles. The lowest BCUT2D eigenvalue weighted by atomic mass is 10.0. The van der Waals surface area contributed by atoms with Crippen LogP contribution < -0.4 is 4.74 Å². The van der Waals surface area contributed by atoms with Crippen molar-refractivity contribution < 1.29 is 24.5 Å². The molecule has 108 valence electrons. The van der Waals surface area contributed by atoms with Gasteiger partial charge in [0.1, 0.15) is 11.5 Å². The van der Waals surface area contributed by atoms with E-state index in [1.54, 1.807) is 30.3 Å². The number of carboxylic acid groups (broad SMARTS) is 2. The largest absolute Gasteiger partial charge is 0.481 e. The van der Waals surface area contributed by atoms with E-state index >= 15 is 0 Å². The average molecular weight is 286 g/mol. The zero-order valence-electron chi connectivity index (χ0n) is 11.2. The van der Waals surface area contributed by atoms with Crippen LogP contribution in [0.5, 0.6) is 11.5 Å². The summed E-state index contributed by atoms with van der Waals surface area (Å²) in [5, 5.41) is 17.8. The molecule has 2 aromatic rings. The number of para-hydroxylation sites is 1. The average Bonchev–Trinajstić information content (AvgIpc) is 2.42. The highest BCUT2D eigenvalue weighted by Crippen LogP contribution is 2.24. The van der Waals surface area contributed by atoms with E-state index in [-0.39, 0.29) is 12.8 Å². The molecule has 0 atom stereocenters. The van der Waals surface area contributed by atoms with Crippen molar-refractivity contribution in [1.82, 2.24) is 0 Å². The van der Waals surface area contributed by atoms with Crippen molar-refractivity contribution in [1.29, 1.82) is 0 Å². The van der Waals surface area contributed by atoms with Crippen LogP contribution in [0.3, 0.4) is 0 Å². The molecule has 0 amide bonds. The van der Waals surface area contributed by atoms with Gasteiger partial charge in [0.25, 0.3) is 0 Å². The summed E-state index contributed by atoms with van der Waals surface area (Å²) in [6.45, 7) is 0. The molecule has 0 aliphatic carbocycles. The summed E-state index contributed by atoms with van der Waals surface area (Å²) in [5.74, 6) is -0.909. The molecule has 2 rings (SSSR count). The predicted octanol–water partition coefficient (Wildman–Crippen LogP) is 2.73. The highest BCUT2D eigenvalue weighted by Gasteiger charge is 2.12. The molecule has 0 aromatic heterocycles. The van der Waals surface area contributed by atoms with Crippen LogP contribution in [-0.4, -0.2) is 22.2 Å². The quantitative estimate of drug-likeness (QED) is 0.853. The number of ether oxygens (including phenoxy) is 1. The Balaban J connectivity index is 2.27. The molecule has 0 heterocycles. The molecule has 0 radical (unpaired) electrons. The van der Waals surface area contributed by atoms with Crippen LogP contribution in [0.15, 0.2) is 48.5 Å². The van der Waals surface area contributed by atoms with Crippen molar-refractivity contribution in [2.75, 3.05) is 0 Å². The van der Waals surface area contributed by atoms with E-state index in [0.717, 1.165) is 0 Å². The molecule has 2 N–H and O–H groups in total. The fourth-order valence-electron chi connectivity index (χ4n) is 1.95. The second-order valence-electron chi connectivity index (χ2n) is 4.49. The minimum atomic E-state index is -1.02. The standard InChI is InChI=1S/C16H14O5/c17-15(18)9-11-6-7-14(8-12(11)10-16(19)20)21-13-4-2-1-3-5-13/h1-8H,9-10H2,(H,17,18)(H,19,20). The lowest BCUT2D eigenvalue weighted by Crippen LogP contribution is -2.08. The maximum atomic E-state index is 10.9. The second-order valence-corrected chi connectivity index (χ2v) is 4.49. The Bertz CT molecular complexity index is 649. The van der Waals surface area contributed by atoms with Crippen molar-refractivity contribution in [3.8, 4) is 11.5 Å². The number of carbonyl (C=O) groups is 2. The third kappa shape index (κ3) is 4.35. The summed E-state index contributed by atoms with van der Waals surface area (Å²) < 4.78 is 5.62. The van der Waals surface area contributed by atoms with E-state index in [1.165, 1.54) is 0 Å². The van der Waals surface area contributed by atoms with E-state index in [2.05, 4.69) is 0 Å². The molecule has 0 spiro atoms. The van der Waals surface area contributed by atoms with Gasteiger partial charge < -0.3 is 14.9 Å². The first kappa shape index (κ1) is 14.6. The Kier molecular flexibility index (Phi) is 4.56. The van der Waals surface area contributed by atoms with E-state index in [0.29, 0.717) is 22.6 Å². The molecular weight excluding hydrogens is 272 g/mol. The Morgan fingerprint density at radius 2 is 1.43 bits per heavy atom. The number of aliphatic carboxylic acids is 2. The van der Waals surface area contributed by atoms with Crippen LogP contribution in [0.1, 0.15) is 11.1 Å². The lowest BCUT2D eigenvalue weighted by Gasteiger charge is -2.10. The molecule has 21 heavy (non-hydrogen) atoms. The van der Waals surface area contributed by atoms with Crippen molar-refractivity contribution in [3.05, 3.63) is 59.7 Å². The molecular formula is C16H14O5. The van der Waals surface area contributed by atoms with E-state index < -0.39 is 11.9 Å². The van der Waals surface area contributed by atoms with Gasteiger partial charge in [-0.05, 0) is 35.4 Å². The van der Waals surface area contributed by atoms with E-state index in [1.807, 2.05) is 18.2 Å². The van der Waals surface area contributed by atoms with Crippen LogP contribution in [0.2, 0.25) is 0 Å². The first-order valence-electron chi connectivity index (χ1n) is 6.33. The van der Waals surface area contributed by atoms with Gasteiger partial charge in [-0.1, -0.05) is 24.3 Å². The highest BCUT2D eigenvalue weighted by molar-refractivity contribution is 5.74. The van der Waals surface area contributed by atoms with Crippen molar-refractivity contribution >= 4 is 11.9 Å². The van der Waals surface area contributed by atoms with Crippen LogP contribution in [0.4, 0.5) is 0 Å². The lowest BCUT2D eigenvalue weighted by molar-refractivity contribution is -0.137. The van der Waals surface area contributed by atoms with Gasteiger partial charge in [0.05, 0.1) is 12.8 Å². The molecule has 0 saturated heterocycles.